The average molecular weight is 447 g/mol. The zero-order chi connectivity index (χ0) is 21.8. The van der Waals surface area contributed by atoms with Gasteiger partial charge in [-0.05, 0) is 49.0 Å². The van der Waals surface area contributed by atoms with Crippen LogP contribution in [0.1, 0.15) is 5.82 Å². The van der Waals surface area contributed by atoms with Crippen molar-refractivity contribution in [3.8, 4) is 0 Å². The van der Waals surface area contributed by atoms with Crippen LogP contribution in [0.15, 0.2) is 63.9 Å². The van der Waals surface area contributed by atoms with Gasteiger partial charge in [0.15, 0.2) is 5.16 Å². The van der Waals surface area contributed by atoms with Crippen molar-refractivity contribution in [3.63, 3.8) is 0 Å². The number of hydrogen-bond acceptors (Lipinski definition) is 8. The molecule has 0 radical (unpaired) electrons. The third-order valence-electron chi connectivity index (χ3n) is 4.32. The van der Waals surface area contributed by atoms with E-state index in [1.807, 2.05) is 24.6 Å². The molecule has 30 heavy (non-hydrogen) atoms. The summed E-state index contributed by atoms with van der Waals surface area (Å²) in [5.74, 6) is -0.604. The van der Waals surface area contributed by atoms with Gasteiger partial charge in [0.1, 0.15) is 11.5 Å². The minimum atomic E-state index is -0.697. The fraction of sp³-hybridized carbons (Fsp3) is 0.200. The molecule has 0 amide bonds. The van der Waals surface area contributed by atoms with Gasteiger partial charge >= 0.3 is 11.9 Å². The second-order valence-corrected chi connectivity index (χ2v) is 7.56. The molecular formula is C20H19ClN4O4S. The number of rotatable bonds is 5. The molecule has 0 atom stereocenters. The average Bonchev–Trinajstić information content (AvgIpc) is 2.95. The first-order valence-electron chi connectivity index (χ1n) is 8.75. The summed E-state index contributed by atoms with van der Waals surface area (Å²) in [5.41, 5.74) is 0.627. The lowest BCUT2D eigenvalue weighted by molar-refractivity contribution is -0.139. The number of aromatic nitrogens is 3. The van der Waals surface area contributed by atoms with Crippen molar-refractivity contribution in [2.45, 2.75) is 17.0 Å². The zero-order valence-corrected chi connectivity index (χ0v) is 18.3. The van der Waals surface area contributed by atoms with E-state index in [2.05, 4.69) is 10.2 Å². The first kappa shape index (κ1) is 21.7. The van der Waals surface area contributed by atoms with Crippen LogP contribution >= 0.6 is 23.4 Å². The largest absolute Gasteiger partial charge is 0.465 e. The topological polar surface area (TPSA) is 86.6 Å². The van der Waals surface area contributed by atoms with Crippen LogP contribution in [0.25, 0.3) is 0 Å². The first-order valence-corrected chi connectivity index (χ1v) is 9.95. The highest BCUT2D eigenvalue weighted by Gasteiger charge is 2.29. The van der Waals surface area contributed by atoms with Gasteiger partial charge in [0, 0.05) is 23.2 Å². The molecule has 0 N–H and O–H groups in total. The number of carbonyl (C=O) groups is 2. The highest BCUT2D eigenvalue weighted by atomic mass is 35.5. The molecular weight excluding hydrogens is 428 g/mol. The summed E-state index contributed by atoms with van der Waals surface area (Å²) in [6.07, 6.45) is 6.48. The van der Waals surface area contributed by atoms with Crippen molar-refractivity contribution in [1.82, 2.24) is 14.8 Å². The Balaban J connectivity index is 2.19. The predicted molar refractivity (Wildman–Crippen MR) is 113 cm³/mol. The normalized spacial score (nSPS) is 13.4. The smallest absolute Gasteiger partial charge is 0.355 e. The first-order chi connectivity index (χ1) is 14.4. The van der Waals surface area contributed by atoms with E-state index >= 15 is 0 Å². The molecule has 0 aliphatic carbocycles. The Labute approximate surface area is 182 Å². The number of halogens is 1. The maximum Gasteiger partial charge on any atom is 0.355 e. The van der Waals surface area contributed by atoms with E-state index in [0.29, 0.717) is 15.9 Å². The molecule has 8 nitrogen and oxygen atoms in total. The molecule has 2 aromatic rings. The molecule has 1 aromatic heterocycles. The number of anilines is 1. The SMILES string of the molecule is COC(=O)C1=C(C(=O)OC)N(c2cc(Cl)ccc2Sc2nnc(C)n2C)C=CC=C1. The van der Waals surface area contributed by atoms with Crippen LogP contribution in [0.4, 0.5) is 5.69 Å². The molecule has 1 aliphatic rings. The Kier molecular flexibility index (Phi) is 6.63. The number of benzene rings is 1. The second-order valence-electron chi connectivity index (χ2n) is 6.12. The minimum Gasteiger partial charge on any atom is -0.465 e. The van der Waals surface area contributed by atoms with Crippen molar-refractivity contribution >= 4 is 41.0 Å². The lowest BCUT2D eigenvalue weighted by Crippen LogP contribution is -2.27. The number of carbonyl (C=O) groups excluding carboxylic acids is 2. The third-order valence-corrected chi connectivity index (χ3v) is 5.66. The van der Waals surface area contributed by atoms with Crippen LogP contribution in [0.2, 0.25) is 5.02 Å². The number of hydrogen-bond donors (Lipinski definition) is 0. The molecule has 1 aliphatic heterocycles. The Morgan fingerprint density at radius 1 is 1.10 bits per heavy atom. The Morgan fingerprint density at radius 3 is 2.47 bits per heavy atom. The molecule has 0 saturated carbocycles. The van der Waals surface area contributed by atoms with E-state index in [0.717, 1.165) is 10.7 Å². The van der Waals surface area contributed by atoms with Crippen LogP contribution < -0.4 is 4.90 Å². The number of methoxy groups -OCH3 is 2. The standard InChI is InChI=1S/C20H19ClN4O4S/c1-12-22-23-20(24(12)2)30-16-9-8-13(21)11-15(16)25-10-6-5-7-14(18(26)28-3)17(25)19(27)29-4/h5-11H,1-4H3. The van der Waals surface area contributed by atoms with Gasteiger partial charge in [-0.3, -0.25) is 0 Å². The second kappa shape index (κ2) is 9.19. The molecule has 0 spiro atoms. The van der Waals surface area contributed by atoms with E-state index in [1.165, 1.54) is 32.1 Å². The third kappa shape index (κ3) is 4.27. The Morgan fingerprint density at radius 2 is 1.83 bits per heavy atom. The molecule has 2 heterocycles. The highest BCUT2D eigenvalue weighted by molar-refractivity contribution is 7.99. The Bertz CT molecular complexity index is 1090. The summed E-state index contributed by atoms with van der Waals surface area (Å²) in [7, 11) is 4.35. The van der Waals surface area contributed by atoms with E-state index in [4.69, 9.17) is 21.1 Å². The Hall–Kier alpha value is -3.04. The van der Waals surface area contributed by atoms with Gasteiger partial charge in [-0.15, -0.1) is 10.2 Å². The summed E-state index contributed by atoms with van der Waals surface area (Å²) in [5, 5.41) is 9.37. The number of ether oxygens (including phenoxy) is 2. The maximum absolute atomic E-state index is 12.7. The molecule has 3 rings (SSSR count). The van der Waals surface area contributed by atoms with Crippen LogP contribution in [-0.2, 0) is 26.1 Å². The van der Waals surface area contributed by atoms with Crippen LogP contribution in [0.5, 0.6) is 0 Å². The molecule has 156 valence electrons. The fourth-order valence-electron chi connectivity index (χ4n) is 2.69. The zero-order valence-electron chi connectivity index (χ0n) is 16.7. The van der Waals surface area contributed by atoms with Crippen LogP contribution in [0.3, 0.4) is 0 Å². The van der Waals surface area contributed by atoms with E-state index < -0.39 is 11.9 Å². The molecule has 0 fully saturated rings. The van der Waals surface area contributed by atoms with Crippen molar-refractivity contribution < 1.29 is 19.1 Å². The summed E-state index contributed by atoms with van der Waals surface area (Å²) >= 11 is 7.62. The molecule has 1 aromatic carbocycles. The summed E-state index contributed by atoms with van der Waals surface area (Å²) in [6.45, 7) is 1.85. The van der Waals surface area contributed by atoms with Crippen molar-refractivity contribution in [1.29, 1.82) is 0 Å². The molecule has 0 unspecified atom stereocenters. The summed E-state index contributed by atoms with van der Waals surface area (Å²) in [4.78, 5) is 27.3. The summed E-state index contributed by atoms with van der Waals surface area (Å²) in [6, 6.07) is 5.24. The van der Waals surface area contributed by atoms with Crippen molar-refractivity contribution in [3.05, 3.63) is 64.7 Å². The van der Waals surface area contributed by atoms with Gasteiger partial charge in [-0.2, -0.15) is 0 Å². The maximum atomic E-state index is 12.7. The molecule has 10 heteroatoms. The van der Waals surface area contributed by atoms with Crippen LogP contribution in [0, 0.1) is 6.92 Å². The van der Waals surface area contributed by atoms with E-state index in [-0.39, 0.29) is 11.3 Å². The molecule has 0 saturated heterocycles. The van der Waals surface area contributed by atoms with E-state index in [9.17, 15) is 9.59 Å². The molecule has 0 bridgehead atoms. The van der Waals surface area contributed by atoms with Gasteiger partial charge in [-0.25, -0.2) is 9.59 Å². The minimum absolute atomic E-state index is 0.00705. The predicted octanol–water partition coefficient (Wildman–Crippen LogP) is 3.42. The van der Waals surface area contributed by atoms with Gasteiger partial charge in [0.2, 0.25) is 0 Å². The van der Waals surface area contributed by atoms with Gasteiger partial charge < -0.3 is 18.9 Å². The number of nitrogens with zero attached hydrogens (tertiary/aromatic N) is 4. The van der Waals surface area contributed by atoms with Gasteiger partial charge in [-0.1, -0.05) is 17.7 Å². The lowest BCUT2D eigenvalue weighted by atomic mass is 10.1. The summed E-state index contributed by atoms with van der Waals surface area (Å²) < 4.78 is 11.7. The van der Waals surface area contributed by atoms with Gasteiger partial charge in [0.25, 0.3) is 0 Å². The highest BCUT2D eigenvalue weighted by Crippen LogP contribution is 2.39. The number of aryl methyl sites for hydroxylation is 1. The van der Waals surface area contributed by atoms with Crippen molar-refractivity contribution in [2.24, 2.45) is 7.05 Å². The van der Waals surface area contributed by atoms with Gasteiger partial charge in [0.05, 0.1) is 25.5 Å². The van der Waals surface area contributed by atoms with E-state index in [1.54, 1.807) is 35.4 Å². The lowest BCUT2D eigenvalue weighted by Gasteiger charge is -2.25. The van der Waals surface area contributed by atoms with Crippen LogP contribution in [-0.4, -0.2) is 40.9 Å². The van der Waals surface area contributed by atoms with Crippen molar-refractivity contribution in [2.75, 3.05) is 19.1 Å². The number of allylic oxidation sites excluding steroid dienone is 2. The fourth-order valence-corrected chi connectivity index (χ4v) is 3.80. The number of esters is 2. The quantitative estimate of drug-likeness (QED) is 0.646. The monoisotopic (exact) mass is 446 g/mol.